The monoisotopic (exact) mass is 221 g/mol. The van der Waals surface area contributed by atoms with Crippen LogP contribution in [-0.4, -0.2) is 29.2 Å². The van der Waals surface area contributed by atoms with Crippen molar-refractivity contribution in [2.45, 2.75) is 12.0 Å². The van der Waals surface area contributed by atoms with E-state index in [-0.39, 0.29) is 6.42 Å². The van der Waals surface area contributed by atoms with Gasteiger partial charge < -0.3 is 9.94 Å². The Morgan fingerprint density at radius 3 is 2.50 bits per heavy atom. The first-order chi connectivity index (χ1) is 7.57. The van der Waals surface area contributed by atoms with Gasteiger partial charge in [-0.2, -0.15) is 0 Å². The maximum Gasteiger partial charge on any atom is 0.332 e. The fourth-order valence-electron chi connectivity index (χ4n) is 1.91. The van der Waals surface area contributed by atoms with E-state index in [4.69, 9.17) is 4.84 Å². The third-order valence-electron chi connectivity index (χ3n) is 2.78. The van der Waals surface area contributed by atoms with Gasteiger partial charge in [0.2, 0.25) is 0 Å². The molecule has 1 heterocycles. The van der Waals surface area contributed by atoms with Crippen LogP contribution < -0.4 is 0 Å². The van der Waals surface area contributed by atoms with Gasteiger partial charge in [-0.15, -0.1) is 5.06 Å². The first-order valence-corrected chi connectivity index (χ1v) is 4.81. The van der Waals surface area contributed by atoms with Crippen molar-refractivity contribution in [1.82, 2.24) is 5.06 Å². The topological polar surface area (TPSA) is 66.8 Å². The maximum atomic E-state index is 11.4. The average Bonchev–Trinajstić information content (AvgIpc) is 2.56. The van der Waals surface area contributed by atoms with E-state index in [2.05, 4.69) is 0 Å². The summed E-state index contributed by atoms with van der Waals surface area (Å²) in [7, 11) is 1.45. The zero-order valence-corrected chi connectivity index (χ0v) is 8.71. The molecule has 1 aliphatic heterocycles. The fraction of sp³-hybridized carbons (Fsp3) is 0.273. The molecule has 0 aliphatic carbocycles. The minimum atomic E-state index is -1.40. The Labute approximate surface area is 92.2 Å². The van der Waals surface area contributed by atoms with Gasteiger partial charge in [0.15, 0.2) is 5.54 Å². The van der Waals surface area contributed by atoms with Crippen molar-refractivity contribution >= 4 is 11.9 Å². The highest BCUT2D eigenvalue weighted by atomic mass is 16.7. The number of nitrogens with zero attached hydrogens (tertiary/aromatic N) is 1. The lowest BCUT2D eigenvalue weighted by molar-refractivity contribution is -0.188. The molecule has 0 spiro atoms. The molecule has 0 amide bonds. The number of rotatable bonds is 2. The standard InChI is InChI=1S/C11H11NO4/c1-12-11(10(14)15,7-9(13)16-12)8-5-3-2-4-6-8/h2-6H,7H2,1H3,(H,14,15). The predicted octanol–water partition coefficient (Wildman–Crippen LogP) is 0.760. The normalized spacial score (nSPS) is 25.4. The molecule has 1 aromatic rings. The molecule has 2 rings (SSSR count). The molecule has 5 heteroatoms. The second-order valence-corrected chi connectivity index (χ2v) is 3.67. The number of hydroxylamine groups is 2. The van der Waals surface area contributed by atoms with Crippen LogP contribution in [0.4, 0.5) is 0 Å². The summed E-state index contributed by atoms with van der Waals surface area (Å²) >= 11 is 0. The largest absolute Gasteiger partial charge is 0.480 e. The lowest BCUT2D eigenvalue weighted by Crippen LogP contribution is -2.45. The first kappa shape index (κ1) is 10.6. The quantitative estimate of drug-likeness (QED) is 0.798. The van der Waals surface area contributed by atoms with Crippen LogP contribution in [0.3, 0.4) is 0 Å². The van der Waals surface area contributed by atoms with Crippen molar-refractivity contribution in [3.8, 4) is 0 Å². The number of benzene rings is 1. The van der Waals surface area contributed by atoms with E-state index in [1.165, 1.54) is 7.05 Å². The number of hydrogen-bond acceptors (Lipinski definition) is 4. The number of aliphatic carboxylic acids is 1. The van der Waals surface area contributed by atoms with Gasteiger partial charge in [0.25, 0.3) is 0 Å². The van der Waals surface area contributed by atoms with Gasteiger partial charge in [-0.25, -0.2) is 4.79 Å². The van der Waals surface area contributed by atoms with E-state index in [1.54, 1.807) is 30.3 Å². The molecule has 5 nitrogen and oxygen atoms in total. The first-order valence-electron chi connectivity index (χ1n) is 4.81. The van der Waals surface area contributed by atoms with Crippen LogP contribution in [0.15, 0.2) is 30.3 Å². The molecule has 84 valence electrons. The minimum absolute atomic E-state index is 0.178. The second-order valence-electron chi connectivity index (χ2n) is 3.67. The summed E-state index contributed by atoms with van der Waals surface area (Å²) in [5, 5.41) is 10.4. The molecule has 1 N–H and O–H groups in total. The summed E-state index contributed by atoms with van der Waals surface area (Å²) < 4.78 is 0. The van der Waals surface area contributed by atoms with Gasteiger partial charge in [0, 0.05) is 7.05 Å². The van der Waals surface area contributed by atoms with Crippen LogP contribution >= 0.6 is 0 Å². The summed E-state index contributed by atoms with van der Waals surface area (Å²) in [6.07, 6.45) is -0.178. The third-order valence-corrected chi connectivity index (χ3v) is 2.78. The van der Waals surface area contributed by atoms with E-state index in [0.717, 1.165) is 5.06 Å². The lowest BCUT2D eigenvalue weighted by Gasteiger charge is -2.28. The van der Waals surface area contributed by atoms with Gasteiger partial charge in [0.1, 0.15) is 0 Å². The van der Waals surface area contributed by atoms with Crippen molar-refractivity contribution in [1.29, 1.82) is 0 Å². The van der Waals surface area contributed by atoms with Crippen molar-refractivity contribution < 1.29 is 19.5 Å². The number of carbonyl (C=O) groups excluding carboxylic acids is 1. The molecular weight excluding hydrogens is 210 g/mol. The van der Waals surface area contributed by atoms with E-state index in [1.807, 2.05) is 0 Å². The molecule has 0 radical (unpaired) electrons. The van der Waals surface area contributed by atoms with Crippen LogP contribution in [0, 0.1) is 0 Å². The highest BCUT2D eigenvalue weighted by Crippen LogP contribution is 2.37. The molecule has 1 aliphatic rings. The third kappa shape index (κ3) is 1.37. The molecule has 1 aromatic carbocycles. The molecule has 0 aromatic heterocycles. The molecule has 1 atom stereocenters. The Kier molecular flexibility index (Phi) is 2.40. The Hall–Kier alpha value is -1.88. The number of hydrogen-bond donors (Lipinski definition) is 1. The van der Waals surface area contributed by atoms with E-state index >= 15 is 0 Å². The summed E-state index contributed by atoms with van der Waals surface area (Å²) in [6.45, 7) is 0. The Morgan fingerprint density at radius 1 is 1.44 bits per heavy atom. The van der Waals surface area contributed by atoms with Crippen LogP contribution in [0.25, 0.3) is 0 Å². The van der Waals surface area contributed by atoms with Crippen LogP contribution in [0.2, 0.25) is 0 Å². The highest BCUT2D eigenvalue weighted by molar-refractivity contribution is 5.89. The van der Waals surface area contributed by atoms with E-state index in [0.29, 0.717) is 5.56 Å². The van der Waals surface area contributed by atoms with Crippen molar-refractivity contribution in [3.05, 3.63) is 35.9 Å². The maximum absolute atomic E-state index is 11.4. The van der Waals surface area contributed by atoms with Crippen LogP contribution in [0.5, 0.6) is 0 Å². The van der Waals surface area contributed by atoms with Gasteiger partial charge in [-0.05, 0) is 5.56 Å². The highest BCUT2D eigenvalue weighted by Gasteiger charge is 2.53. The zero-order chi connectivity index (χ0) is 11.8. The van der Waals surface area contributed by atoms with E-state index < -0.39 is 17.5 Å². The van der Waals surface area contributed by atoms with E-state index in [9.17, 15) is 14.7 Å². The van der Waals surface area contributed by atoms with Gasteiger partial charge in [-0.3, -0.25) is 4.79 Å². The summed E-state index contributed by atoms with van der Waals surface area (Å²) in [4.78, 5) is 27.4. The molecule has 16 heavy (non-hydrogen) atoms. The predicted molar refractivity (Wildman–Crippen MR) is 54.2 cm³/mol. The van der Waals surface area contributed by atoms with Crippen LogP contribution in [-0.2, 0) is 20.0 Å². The lowest BCUT2D eigenvalue weighted by atomic mass is 9.87. The molecular formula is C11H11NO4. The zero-order valence-electron chi connectivity index (χ0n) is 8.71. The average molecular weight is 221 g/mol. The smallest absolute Gasteiger partial charge is 0.332 e. The van der Waals surface area contributed by atoms with Gasteiger partial charge in [0.05, 0.1) is 6.42 Å². The second kappa shape index (κ2) is 3.61. The van der Waals surface area contributed by atoms with Crippen molar-refractivity contribution in [3.63, 3.8) is 0 Å². The molecule has 1 saturated heterocycles. The number of carboxylic acid groups (broad SMARTS) is 1. The summed E-state index contributed by atoms with van der Waals surface area (Å²) in [5.74, 6) is -1.62. The Morgan fingerprint density at radius 2 is 2.06 bits per heavy atom. The Balaban J connectivity index is 2.53. The summed E-state index contributed by atoms with van der Waals surface area (Å²) in [5.41, 5.74) is -0.867. The SMILES string of the molecule is CN1OC(=O)CC1(C(=O)O)c1ccccc1. The fourth-order valence-corrected chi connectivity index (χ4v) is 1.91. The Bertz CT molecular complexity index is 431. The molecule has 0 bridgehead atoms. The van der Waals surface area contributed by atoms with Crippen molar-refractivity contribution in [2.24, 2.45) is 0 Å². The molecule has 1 fully saturated rings. The van der Waals surface area contributed by atoms with Crippen LogP contribution in [0.1, 0.15) is 12.0 Å². The number of carbonyl (C=O) groups is 2. The number of carboxylic acids is 1. The summed E-state index contributed by atoms with van der Waals surface area (Å²) in [6, 6.07) is 8.60. The molecule has 1 unspecified atom stereocenters. The van der Waals surface area contributed by atoms with Gasteiger partial charge >= 0.3 is 11.9 Å². The molecule has 0 saturated carbocycles. The number of likely N-dealkylation sites (N-methyl/N-ethyl adjacent to an activating group) is 1. The van der Waals surface area contributed by atoms with Crippen molar-refractivity contribution in [2.75, 3.05) is 7.05 Å². The van der Waals surface area contributed by atoms with Gasteiger partial charge in [-0.1, -0.05) is 30.3 Å². The minimum Gasteiger partial charge on any atom is -0.480 e.